The molecule has 3 N–H and O–H groups in total. The van der Waals surface area contributed by atoms with E-state index >= 15 is 0 Å². The van der Waals surface area contributed by atoms with Crippen LogP contribution < -0.4 is 10.3 Å². The molecule has 0 saturated carbocycles. The van der Waals surface area contributed by atoms with Gasteiger partial charge in [0.25, 0.3) is 15.6 Å². The third-order valence-corrected chi connectivity index (χ3v) is 7.30. The van der Waals surface area contributed by atoms with Crippen molar-refractivity contribution in [1.82, 2.24) is 19.6 Å². The number of hydrogen-bond acceptors (Lipinski definition) is 7. The number of ether oxygens (including phenoxy) is 1. The predicted molar refractivity (Wildman–Crippen MR) is 141 cm³/mol. The van der Waals surface area contributed by atoms with Crippen molar-refractivity contribution in [1.29, 1.82) is 0 Å². The van der Waals surface area contributed by atoms with Crippen molar-refractivity contribution in [2.75, 3.05) is 32.8 Å². The number of alkyl halides is 2. The Morgan fingerprint density at radius 1 is 1.03 bits per heavy atom. The first kappa shape index (κ1) is 28.4. The molecule has 1 fully saturated rings. The Balaban J connectivity index is 1.43. The lowest BCUT2D eigenvalue weighted by Crippen LogP contribution is -2.35. The third kappa shape index (κ3) is 7.93. The Morgan fingerprint density at radius 3 is 2.21 bits per heavy atom. The summed E-state index contributed by atoms with van der Waals surface area (Å²) in [6.45, 7) is 3.74. The molecule has 2 aromatic carbocycles. The highest BCUT2D eigenvalue weighted by atomic mass is 32.2. The van der Waals surface area contributed by atoms with Gasteiger partial charge in [0, 0.05) is 43.2 Å². The standard InChI is InChI=1S/C27H28F2N4O5S/c28-27(29)39(36,37)32-16-23(24-25(34)26(35)31-18-30-24)15-21-7-3-19(4-8-21)1-2-20-5-9-22(10-6-20)17-33-11-13-38-14-12-33/h3-10,18,23,27,32,34H,11-17H2,(H,30,31,35). The largest absolute Gasteiger partial charge is 0.502 e. The van der Waals surface area contributed by atoms with Crippen molar-refractivity contribution in [3.63, 3.8) is 0 Å². The van der Waals surface area contributed by atoms with E-state index in [2.05, 4.69) is 38.8 Å². The summed E-state index contributed by atoms with van der Waals surface area (Å²) in [7, 11) is -4.87. The molecule has 0 spiro atoms. The number of nitrogens with one attached hydrogen (secondary N) is 2. The highest BCUT2D eigenvalue weighted by molar-refractivity contribution is 7.89. The van der Waals surface area contributed by atoms with Crippen LogP contribution in [0.4, 0.5) is 8.78 Å². The second kappa shape index (κ2) is 12.9. The molecule has 1 aliphatic rings. The van der Waals surface area contributed by atoms with E-state index in [1.165, 1.54) is 5.56 Å². The Morgan fingerprint density at radius 2 is 1.62 bits per heavy atom. The van der Waals surface area contributed by atoms with Gasteiger partial charge in [-0.15, -0.1) is 0 Å². The molecular formula is C27H28F2N4O5S. The molecule has 1 aliphatic heterocycles. The molecule has 0 radical (unpaired) electrons. The predicted octanol–water partition coefficient (Wildman–Crippen LogP) is 2.18. The maximum Gasteiger partial charge on any atom is 0.350 e. The fourth-order valence-electron chi connectivity index (χ4n) is 4.11. The second-order valence-corrected chi connectivity index (χ2v) is 10.8. The Labute approximate surface area is 224 Å². The normalized spacial score (nSPS) is 15.1. The van der Waals surface area contributed by atoms with E-state index in [-0.39, 0.29) is 12.1 Å². The zero-order valence-corrected chi connectivity index (χ0v) is 21.8. The van der Waals surface area contributed by atoms with E-state index in [1.54, 1.807) is 24.3 Å². The van der Waals surface area contributed by atoms with Crippen molar-refractivity contribution in [2.24, 2.45) is 0 Å². The minimum absolute atomic E-state index is 0.100. The number of aromatic hydroxyl groups is 1. The molecule has 4 rings (SSSR count). The number of aromatic nitrogens is 2. The second-order valence-electron chi connectivity index (χ2n) is 9.05. The van der Waals surface area contributed by atoms with Gasteiger partial charge in [0.05, 0.1) is 25.2 Å². The Bertz CT molecular complexity index is 1480. The number of halogens is 2. The highest BCUT2D eigenvalue weighted by Crippen LogP contribution is 2.24. The lowest BCUT2D eigenvalue weighted by molar-refractivity contribution is 0.0342. The van der Waals surface area contributed by atoms with E-state index in [0.29, 0.717) is 5.56 Å². The smallest absolute Gasteiger partial charge is 0.350 e. The summed E-state index contributed by atoms with van der Waals surface area (Å²) in [5.41, 5.74) is 2.60. The van der Waals surface area contributed by atoms with Gasteiger partial charge in [-0.05, 0) is 41.8 Å². The molecule has 12 heteroatoms. The van der Waals surface area contributed by atoms with Crippen LogP contribution in [0.5, 0.6) is 5.75 Å². The van der Waals surface area contributed by atoms with E-state index in [9.17, 15) is 27.1 Å². The SMILES string of the molecule is O=c1[nH]cnc(C(CNS(=O)(=O)C(F)F)Cc2ccc(C#Cc3ccc(CN4CCOCC4)cc3)cc2)c1O. The maximum atomic E-state index is 12.8. The average Bonchev–Trinajstić information content (AvgIpc) is 2.93. The van der Waals surface area contributed by atoms with Gasteiger partial charge in [-0.25, -0.2) is 18.1 Å². The van der Waals surface area contributed by atoms with Crippen molar-refractivity contribution >= 4 is 10.0 Å². The fraction of sp³-hybridized carbons (Fsp3) is 0.333. The molecule has 39 heavy (non-hydrogen) atoms. The molecular weight excluding hydrogens is 530 g/mol. The van der Waals surface area contributed by atoms with Crippen LogP contribution in [0.3, 0.4) is 0 Å². The first-order valence-corrected chi connectivity index (χ1v) is 13.8. The molecule has 9 nitrogen and oxygen atoms in total. The summed E-state index contributed by atoms with van der Waals surface area (Å²) < 4.78 is 56.0. The van der Waals surface area contributed by atoms with E-state index in [0.717, 1.165) is 50.3 Å². The van der Waals surface area contributed by atoms with E-state index in [1.807, 2.05) is 16.9 Å². The van der Waals surface area contributed by atoms with Crippen molar-refractivity contribution < 1.29 is 27.0 Å². The Kier molecular flexibility index (Phi) is 9.42. The van der Waals surface area contributed by atoms with E-state index < -0.39 is 39.6 Å². The van der Waals surface area contributed by atoms with Gasteiger partial charge in [0.15, 0.2) is 0 Å². The number of rotatable bonds is 9. The summed E-state index contributed by atoms with van der Waals surface area (Å²) in [6.07, 6.45) is 1.17. The first-order chi connectivity index (χ1) is 18.7. The van der Waals surface area contributed by atoms with Crippen LogP contribution in [0.2, 0.25) is 0 Å². The average molecular weight is 559 g/mol. The van der Waals surface area contributed by atoms with Crippen LogP contribution in [-0.2, 0) is 27.7 Å². The first-order valence-electron chi connectivity index (χ1n) is 12.2. The van der Waals surface area contributed by atoms with Gasteiger partial charge >= 0.3 is 5.76 Å². The van der Waals surface area contributed by atoms with Crippen LogP contribution in [0.1, 0.15) is 33.9 Å². The van der Waals surface area contributed by atoms with Crippen LogP contribution in [0.15, 0.2) is 59.7 Å². The molecule has 1 aromatic heterocycles. The minimum atomic E-state index is -4.87. The van der Waals surface area contributed by atoms with Crippen molar-refractivity contribution in [3.05, 3.63) is 93.2 Å². The number of hydrogen-bond donors (Lipinski definition) is 3. The van der Waals surface area contributed by atoms with Crippen LogP contribution in [0.25, 0.3) is 0 Å². The zero-order valence-electron chi connectivity index (χ0n) is 20.9. The zero-order chi connectivity index (χ0) is 27.8. The van der Waals surface area contributed by atoms with Crippen molar-refractivity contribution in [2.45, 2.75) is 24.6 Å². The molecule has 3 aromatic rings. The van der Waals surface area contributed by atoms with Crippen molar-refractivity contribution in [3.8, 4) is 17.6 Å². The topological polar surface area (TPSA) is 125 Å². The molecule has 206 valence electrons. The number of benzene rings is 2. The van der Waals surface area contributed by atoms with Gasteiger partial charge < -0.3 is 14.8 Å². The summed E-state index contributed by atoms with van der Waals surface area (Å²) in [6, 6.07) is 15.1. The highest BCUT2D eigenvalue weighted by Gasteiger charge is 2.27. The van der Waals surface area contributed by atoms with Gasteiger partial charge in [-0.3, -0.25) is 9.69 Å². The monoisotopic (exact) mass is 558 g/mol. The van der Waals surface area contributed by atoms with Crippen LogP contribution in [-0.4, -0.2) is 67.0 Å². The quantitative estimate of drug-likeness (QED) is 0.344. The van der Waals surface area contributed by atoms with Gasteiger partial charge in [-0.1, -0.05) is 36.1 Å². The molecule has 1 atom stereocenters. The molecule has 0 bridgehead atoms. The molecule has 0 aliphatic carbocycles. The number of nitrogens with zero attached hydrogens (tertiary/aromatic N) is 2. The van der Waals surface area contributed by atoms with Gasteiger partial charge in [-0.2, -0.15) is 8.78 Å². The molecule has 1 saturated heterocycles. The summed E-state index contributed by atoms with van der Waals surface area (Å²) in [5.74, 6) is 1.03. The van der Waals surface area contributed by atoms with Crippen LogP contribution in [0, 0.1) is 11.8 Å². The lowest BCUT2D eigenvalue weighted by atomic mass is 9.95. The van der Waals surface area contributed by atoms with Gasteiger partial charge in [0.1, 0.15) is 0 Å². The summed E-state index contributed by atoms with van der Waals surface area (Å²) >= 11 is 0. The maximum absolute atomic E-state index is 12.8. The summed E-state index contributed by atoms with van der Waals surface area (Å²) in [5, 5.41) is 10.1. The van der Waals surface area contributed by atoms with E-state index in [4.69, 9.17) is 4.74 Å². The van der Waals surface area contributed by atoms with Crippen LogP contribution >= 0.6 is 0 Å². The number of sulfonamides is 1. The lowest BCUT2D eigenvalue weighted by Gasteiger charge is -2.26. The van der Waals surface area contributed by atoms with Gasteiger partial charge in [0.2, 0.25) is 5.75 Å². The Hall–Kier alpha value is -3.63. The molecule has 1 unspecified atom stereocenters. The molecule has 0 amide bonds. The number of aromatic amines is 1. The third-order valence-electron chi connectivity index (χ3n) is 6.26. The minimum Gasteiger partial charge on any atom is -0.502 e. The number of morpholine rings is 1. The molecule has 2 heterocycles. The summed E-state index contributed by atoms with van der Waals surface area (Å²) in [4.78, 5) is 20.3. The number of H-pyrrole nitrogens is 1. The fourth-order valence-corrected chi connectivity index (χ4v) is 4.67.